The molecule has 3 rings (SSSR count). The normalized spacial score (nSPS) is 11.1. The van der Waals surface area contributed by atoms with Gasteiger partial charge in [-0.1, -0.05) is 30.3 Å². The summed E-state index contributed by atoms with van der Waals surface area (Å²) in [5.41, 5.74) is 2.01. The molecular weight excluding hydrogens is 298 g/mol. The van der Waals surface area contributed by atoms with Crippen LogP contribution in [-0.4, -0.2) is 22.7 Å². The monoisotopic (exact) mass is 311 g/mol. The molecule has 0 unspecified atom stereocenters. The highest BCUT2D eigenvalue weighted by Crippen LogP contribution is 2.23. The smallest absolute Gasteiger partial charge is 0.341 e. The van der Waals surface area contributed by atoms with Crippen LogP contribution in [0.5, 0.6) is 5.75 Å². The first-order chi connectivity index (χ1) is 10.7. The van der Waals surface area contributed by atoms with E-state index in [1.165, 1.54) is 4.70 Å². The third kappa shape index (κ3) is 3.51. The first kappa shape index (κ1) is 14.3. The van der Waals surface area contributed by atoms with Gasteiger partial charge in [-0.15, -0.1) is 11.3 Å². The van der Waals surface area contributed by atoms with Gasteiger partial charge in [-0.05, 0) is 35.9 Å². The van der Waals surface area contributed by atoms with Crippen molar-refractivity contribution in [2.75, 3.05) is 6.61 Å². The van der Waals surface area contributed by atoms with Gasteiger partial charge in [0.25, 0.3) is 0 Å². The molecule has 1 aromatic heterocycles. The summed E-state index contributed by atoms with van der Waals surface area (Å²) >= 11 is 1.64. The number of carboxylic acid groups (broad SMARTS) is 1. The predicted molar refractivity (Wildman–Crippen MR) is 88.1 cm³/mol. The average Bonchev–Trinajstić information content (AvgIpc) is 2.95. The van der Waals surface area contributed by atoms with E-state index in [-0.39, 0.29) is 6.61 Å². The van der Waals surface area contributed by atoms with Crippen LogP contribution < -0.4 is 4.74 Å². The summed E-state index contributed by atoms with van der Waals surface area (Å²) in [6.45, 7) is -0.332. The van der Waals surface area contributed by atoms with Crippen LogP contribution >= 0.6 is 11.3 Å². The number of carboxylic acids is 1. The number of hydrogen-bond acceptors (Lipinski definition) is 4. The lowest BCUT2D eigenvalue weighted by atomic mass is 10.2. The summed E-state index contributed by atoms with van der Waals surface area (Å²) in [6, 6.07) is 15.3. The van der Waals surface area contributed by atoms with Gasteiger partial charge in [-0.25, -0.2) is 9.78 Å². The topological polar surface area (TPSA) is 59.4 Å². The van der Waals surface area contributed by atoms with E-state index in [0.29, 0.717) is 5.75 Å². The van der Waals surface area contributed by atoms with Gasteiger partial charge in [-0.3, -0.25) is 0 Å². The molecule has 0 atom stereocenters. The second-order valence-corrected chi connectivity index (χ2v) is 5.67. The SMILES string of the molecule is O=C(O)COc1ccc(C=Cc2nc3ccccc3s2)cc1. The van der Waals surface area contributed by atoms with E-state index >= 15 is 0 Å². The first-order valence-electron chi connectivity index (χ1n) is 6.69. The molecule has 3 aromatic rings. The molecule has 0 amide bonds. The lowest BCUT2D eigenvalue weighted by Gasteiger charge is -2.02. The van der Waals surface area contributed by atoms with E-state index < -0.39 is 5.97 Å². The minimum Gasteiger partial charge on any atom is -0.482 e. The minimum atomic E-state index is -0.986. The highest BCUT2D eigenvalue weighted by atomic mass is 32.1. The number of nitrogens with zero attached hydrogens (tertiary/aromatic N) is 1. The molecule has 0 aliphatic carbocycles. The molecule has 0 radical (unpaired) electrons. The lowest BCUT2D eigenvalue weighted by molar-refractivity contribution is -0.139. The fourth-order valence-electron chi connectivity index (χ4n) is 1.95. The van der Waals surface area contributed by atoms with Gasteiger partial charge in [0.15, 0.2) is 6.61 Å². The molecule has 22 heavy (non-hydrogen) atoms. The van der Waals surface area contributed by atoms with Crippen LogP contribution in [0.25, 0.3) is 22.4 Å². The van der Waals surface area contributed by atoms with Crippen molar-refractivity contribution in [2.45, 2.75) is 0 Å². The van der Waals surface area contributed by atoms with E-state index in [1.807, 2.05) is 42.5 Å². The van der Waals surface area contributed by atoms with E-state index in [0.717, 1.165) is 16.1 Å². The number of hydrogen-bond donors (Lipinski definition) is 1. The molecule has 0 fully saturated rings. The number of para-hydroxylation sites is 1. The Kier molecular flexibility index (Phi) is 4.16. The Morgan fingerprint density at radius 3 is 2.64 bits per heavy atom. The third-order valence-corrected chi connectivity index (χ3v) is 3.97. The standard InChI is InChI=1S/C17H13NO3S/c19-17(20)11-21-13-8-5-12(6-9-13)7-10-16-18-14-3-1-2-4-15(14)22-16/h1-10H,11H2,(H,19,20). The Balaban J connectivity index is 1.70. The van der Waals surface area contributed by atoms with Crippen molar-refractivity contribution in [3.05, 3.63) is 59.1 Å². The number of thiazole rings is 1. The molecular formula is C17H13NO3S. The zero-order chi connectivity index (χ0) is 15.4. The number of fused-ring (bicyclic) bond motifs is 1. The van der Waals surface area contributed by atoms with E-state index in [9.17, 15) is 4.79 Å². The number of aromatic nitrogens is 1. The van der Waals surface area contributed by atoms with Crippen LogP contribution in [0.2, 0.25) is 0 Å². The molecule has 1 heterocycles. The van der Waals surface area contributed by atoms with Crippen LogP contribution in [0.3, 0.4) is 0 Å². The Morgan fingerprint density at radius 1 is 1.14 bits per heavy atom. The van der Waals surface area contributed by atoms with Crippen molar-refractivity contribution in [3.63, 3.8) is 0 Å². The molecule has 0 spiro atoms. The summed E-state index contributed by atoms with van der Waals surface area (Å²) in [4.78, 5) is 15.0. The van der Waals surface area contributed by atoms with Crippen molar-refractivity contribution < 1.29 is 14.6 Å². The Morgan fingerprint density at radius 2 is 1.91 bits per heavy atom. The zero-order valence-corrected chi connectivity index (χ0v) is 12.4. The molecule has 0 bridgehead atoms. The summed E-state index contributed by atoms with van der Waals surface area (Å²) in [7, 11) is 0. The van der Waals surface area contributed by atoms with Gasteiger partial charge in [-0.2, -0.15) is 0 Å². The molecule has 0 aliphatic rings. The summed E-state index contributed by atoms with van der Waals surface area (Å²) in [5, 5.41) is 9.51. The number of carbonyl (C=O) groups is 1. The van der Waals surface area contributed by atoms with E-state index in [2.05, 4.69) is 11.1 Å². The molecule has 4 nitrogen and oxygen atoms in total. The maximum atomic E-state index is 10.4. The van der Waals surface area contributed by atoms with E-state index in [1.54, 1.807) is 23.5 Å². The van der Waals surface area contributed by atoms with E-state index in [4.69, 9.17) is 9.84 Å². The first-order valence-corrected chi connectivity index (χ1v) is 7.51. The third-order valence-electron chi connectivity index (χ3n) is 2.97. The number of aliphatic carboxylic acids is 1. The van der Waals surface area contributed by atoms with Crippen molar-refractivity contribution in [2.24, 2.45) is 0 Å². The number of ether oxygens (including phenoxy) is 1. The fourth-order valence-corrected chi connectivity index (χ4v) is 2.82. The van der Waals surface area contributed by atoms with Gasteiger partial charge < -0.3 is 9.84 Å². The maximum absolute atomic E-state index is 10.4. The quantitative estimate of drug-likeness (QED) is 0.775. The zero-order valence-electron chi connectivity index (χ0n) is 11.6. The second kappa shape index (κ2) is 6.41. The van der Waals surface area contributed by atoms with Gasteiger partial charge in [0, 0.05) is 0 Å². The number of benzene rings is 2. The average molecular weight is 311 g/mol. The van der Waals surface area contributed by atoms with Gasteiger partial charge in [0.05, 0.1) is 10.2 Å². The minimum absolute atomic E-state index is 0.332. The van der Waals surface area contributed by atoms with Gasteiger partial charge in [0.1, 0.15) is 10.8 Å². The molecule has 0 saturated heterocycles. The second-order valence-electron chi connectivity index (χ2n) is 4.60. The molecule has 2 aromatic carbocycles. The fraction of sp³-hybridized carbons (Fsp3) is 0.0588. The Hall–Kier alpha value is -2.66. The van der Waals surface area contributed by atoms with Crippen molar-refractivity contribution in [1.29, 1.82) is 0 Å². The highest BCUT2D eigenvalue weighted by Gasteiger charge is 2.00. The van der Waals surface area contributed by atoms with Crippen LogP contribution in [-0.2, 0) is 4.79 Å². The van der Waals surface area contributed by atoms with Crippen LogP contribution in [0.4, 0.5) is 0 Å². The largest absolute Gasteiger partial charge is 0.482 e. The van der Waals surface area contributed by atoms with Gasteiger partial charge in [0.2, 0.25) is 0 Å². The van der Waals surface area contributed by atoms with Crippen molar-refractivity contribution >= 4 is 39.7 Å². The molecule has 0 aliphatic heterocycles. The van der Waals surface area contributed by atoms with Crippen LogP contribution in [0.15, 0.2) is 48.5 Å². The van der Waals surface area contributed by atoms with Gasteiger partial charge >= 0.3 is 5.97 Å². The molecule has 110 valence electrons. The summed E-state index contributed by atoms with van der Waals surface area (Å²) in [6.07, 6.45) is 3.94. The van der Waals surface area contributed by atoms with Crippen molar-refractivity contribution in [3.8, 4) is 5.75 Å². The Labute approximate surface area is 131 Å². The number of rotatable bonds is 5. The molecule has 1 N–H and O–H groups in total. The van der Waals surface area contributed by atoms with Crippen molar-refractivity contribution in [1.82, 2.24) is 4.98 Å². The Bertz CT molecular complexity index is 788. The summed E-state index contributed by atoms with van der Waals surface area (Å²) < 4.78 is 6.26. The summed E-state index contributed by atoms with van der Waals surface area (Å²) in [5.74, 6) is -0.445. The highest BCUT2D eigenvalue weighted by molar-refractivity contribution is 7.19. The predicted octanol–water partition coefficient (Wildman–Crippen LogP) is 3.93. The van der Waals surface area contributed by atoms with Crippen LogP contribution in [0.1, 0.15) is 10.6 Å². The molecule has 5 heteroatoms. The molecule has 0 saturated carbocycles. The van der Waals surface area contributed by atoms with Crippen LogP contribution in [0, 0.1) is 0 Å². The lowest BCUT2D eigenvalue weighted by Crippen LogP contribution is -2.09. The maximum Gasteiger partial charge on any atom is 0.341 e.